The first-order valence-corrected chi connectivity index (χ1v) is 8.31. The van der Waals surface area contributed by atoms with Gasteiger partial charge in [-0.2, -0.15) is 0 Å². The summed E-state index contributed by atoms with van der Waals surface area (Å²) in [6.07, 6.45) is 2.82. The second-order valence-corrected chi connectivity index (χ2v) is 6.09. The quantitative estimate of drug-likeness (QED) is 0.800. The van der Waals surface area contributed by atoms with Crippen LogP contribution in [0.15, 0.2) is 42.5 Å². The topological polar surface area (TPSA) is 38.3 Å². The molecule has 0 bridgehead atoms. The number of hydrogen-bond donors (Lipinski definition) is 1. The summed E-state index contributed by atoms with van der Waals surface area (Å²) in [6, 6.07) is 14.1. The molecule has 120 valence electrons. The van der Waals surface area contributed by atoms with Gasteiger partial charge in [-0.1, -0.05) is 49.7 Å². The maximum atomic E-state index is 12.4. The van der Waals surface area contributed by atoms with Gasteiger partial charge in [0.1, 0.15) is 5.75 Å². The Balaban J connectivity index is 1.83. The number of para-hydroxylation sites is 2. The summed E-state index contributed by atoms with van der Waals surface area (Å²) in [7, 11) is 0. The van der Waals surface area contributed by atoms with E-state index in [1.165, 1.54) is 0 Å². The molecule has 1 amide bonds. The fourth-order valence-corrected chi connectivity index (χ4v) is 3.07. The van der Waals surface area contributed by atoms with Gasteiger partial charge in [0, 0.05) is 5.69 Å². The molecule has 1 aliphatic rings. The van der Waals surface area contributed by atoms with Crippen molar-refractivity contribution < 1.29 is 9.53 Å². The molecule has 0 aliphatic carbocycles. The molecule has 0 unspecified atom stereocenters. The van der Waals surface area contributed by atoms with Gasteiger partial charge in [0.2, 0.25) is 5.91 Å². The van der Waals surface area contributed by atoms with E-state index in [1.54, 1.807) is 0 Å². The van der Waals surface area contributed by atoms with Gasteiger partial charge in [0.05, 0.1) is 12.5 Å². The first-order chi connectivity index (χ1) is 11.2. The number of unbranched alkanes of at least 4 members (excludes halogenated alkanes) is 1. The van der Waals surface area contributed by atoms with Crippen molar-refractivity contribution in [3.63, 3.8) is 0 Å². The highest BCUT2D eigenvalue weighted by Crippen LogP contribution is 2.38. The van der Waals surface area contributed by atoms with Crippen LogP contribution in [0.1, 0.15) is 42.4 Å². The van der Waals surface area contributed by atoms with E-state index < -0.39 is 0 Å². The van der Waals surface area contributed by atoms with Crippen LogP contribution in [-0.2, 0) is 11.2 Å². The smallest absolute Gasteiger partial charge is 0.232 e. The Labute approximate surface area is 137 Å². The van der Waals surface area contributed by atoms with Crippen molar-refractivity contribution in [2.45, 2.75) is 39.0 Å². The molecule has 3 nitrogen and oxygen atoms in total. The minimum Gasteiger partial charge on any atom is -0.493 e. The van der Waals surface area contributed by atoms with Gasteiger partial charge in [0.15, 0.2) is 0 Å². The van der Waals surface area contributed by atoms with E-state index in [9.17, 15) is 4.79 Å². The van der Waals surface area contributed by atoms with Gasteiger partial charge in [0.25, 0.3) is 0 Å². The van der Waals surface area contributed by atoms with Crippen LogP contribution in [-0.4, -0.2) is 12.5 Å². The lowest BCUT2D eigenvalue weighted by molar-refractivity contribution is -0.117. The van der Waals surface area contributed by atoms with Crippen LogP contribution in [0.25, 0.3) is 0 Å². The van der Waals surface area contributed by atoms with Crippen molar-refractivity contribution in [2.24, 2.45) is 0 Å². The second-order valence-electron chi connectivity index (χ2n) is 6.09. The lowest BCUT2D eigenvalue weighted by Crippen LogP contribution is -2.15. The van der Waals surface area contributed by atoms with Crippen LogP contribution >= 0.6 is 0 Å². The Morgan fingerprint density at radius 2 is 1.96 bits per heavy atom. The number of rotatable bonds is 6. The molecule has 3 rings (SSSR count). The number of carbonyl (C=O) groups is 1. The fourth-order valence-electron chi connectivity index (χ4n) is 3.07. The Bertz CT molecular complexity index is 709. The standard InChI is InChI=1S/C20H23NO2/c1-3-4-12-23-18-11-6-5-9-15(18)13-17-16-10-7-8-14(2)19(16)21-20(17)22/h5-11,17H,3-4,12-13H2,1-2H3,(H,21,22)/t17-/m0/s1. The summed E-state index contributed by atoms with van der Waals surface area (Å²) >= 11 is 0. The highest BCUT2D eigenvalue weighted by molar-refractivity contribution is 6.03. The van der Waals surface area contributed by atoms with E-state index in [-0.39, 0.29) is 11.8 Å². The number of aryl methyl sites for hydroxylation is 1. The molecular weight excluding hydrogens is 286 g/mol. The Morgan fingerprint density at radius 3 is 2.78 bits per heavy atom. The molecule has 2 aromatic rings. The molecule has 0 fully saturated rings. The Morgan fingerprint density at radius 1 is 1.13 bits per heavy atom. The molecule has 1 heterocycles. The SMILES string of the molecule is CCCCOc1ccccc1C[C@@H]1C(=O)Nc2c(C)cccc21. The number of carbonyl (C=O) groups excluding carboxylic acids is 1. The van der Waals surface area contributed by atoms with Gasteiger partial charge >= 0.3 is 0 Å². The third-order valence-electron chi connectivity index (χ3n) is 4.40. The van der Waals surface area contributed by atoms with Crippen LogP contribution in [0.5, 0.6) is 5.75 Å². The van der Waals surface area contributed by atoms with Crippen LogP contribution < -0.4 is 10.1 Å². The van der Waals surface area contributed by atoms with E-state index in [0.717, 1.165) is 47.6 Å². The zero-order valence-corrected chi connectivity index (χ0v) is 13.8. The van der Waals surface area contributed by atoms with Gasteiger partial charge in [-0.25, -0.2) is 0 Å². The van der Waals surface area contributed by atoms with Crippen LogP contribution in [0.2, 0.25) is 0 Å². The molecule has 1 N–H and O–H groups in total. The van der Waals surface area contributed by atoms with Crippen molar-refractivity contribution in [2.75, 3.05) is 11.9 Å². The highest BCUT2D eigenvalue weighted by Gasteiger charge is 2.31. The predicted octanol–water partition coefficient (Wildman–Crippen LogP) is 4.45. The lowest BCUT2D eigenvalue weighted by Gasteiger charge is -2.14. The van der Waals surface area contributed by atoms with E-state index in [4.69, 9.17) is 4.74 Å². The van der Waals surface area contributed by atoms with Gasteiger partial charge in [-0.05, 0) is 42.5 Å². The monoisotopic (exact) mass is 309 g/mol. The molecule has 0 saturated carbocycles. The largest absolute Gasteiger partial charge is 0.493 e. The zero-order valence-electron chi connectivity index (χ0n) is 13.8. The molecule has 2 aromatic carbocycles. The number of ether oxygens (including phenoxy) is 1. The summed E-state index contributed by atoms with van der Waals surface area (Å²) in [4.78, 5) is 12.4. The number of nitrogens with one attached hydrogen (secondary N) is 1. The van der Waals surface area contributed by atoms with E-state index in [1.807, 2.05) is 43.3 Å². The number of benzene rings is 2. The molecule has 23 heavy (non-hydrogen) atoms. The van der Waals surface area contributed by atoms with Crippen molar-refractivity contribution in [1.29, 1.82) is 0 Å². The third-order valence-corrected chi connectivity index (χ3v) is 4.40. The predicted molar refractivity (Wildman–Crippen MR) is 93.1 cm³/mol. The molecule has 0 saturated heterocycles. The first kappa shape index (κ1) is 15.6. The first-order valence-electron chi connectivity index (χ1n) is 8.31. The molecule has 3 heteroatoms. The van der Waals surface area contributed by atoms with Gasteiger partial charge in [-0.3, -0.25) is 4.79 Å². The van der Waals surface area contributed by atoms with Crippen molar-refractivity contribution >= 4 is 11.6 Å². The van der Waals surface area contributed by atoms with Crippen LogP contribution in [0.4, 0.5) is 5.69 Å². The van der Waals surface area contributed by atoms with Gasteiger partial charge < -0.3 is 10.1 Å². The summed E-state index contributed by atoms with van der Waals surface area (Å²) in [5.74, 6) is 0.841. The summed E-state index contributed by atoms with van der Waals surface area (Å²) < 4.78 is 5.90. The van der Waals surface area contributed by atoms with Crippen LogP contribution in [0.3, 0.4) is 0 Å². The highest BCUT2D eigenvalue weighted by atomic mass is 16.5. The summed E-state index contributed by atoms with van der Waals surface area (Å²) in [5.41, 5.74) is 4.29. The minimum atomic E-state index is -0.138. The lowest BCUT2D eigenvalue weighted by atomic mass is 9.92. The number of anilines is 1. The maximum absolute atomic E-state index is 12.4. The average Bonchev–Trinajstić information content (AvgIpc) is 2.87. The Kier molecular flexibility index (Phi) is 4.65. The third kappa shape index (κ3) is 3.24. The molecule has 0 spiro atoms. The number of hydrogen-bond acceptors (Lipinski definition) is 2. The molecule has 0 radical (unpaired) electrons. The molecular formula is C20H23NO2. The minimum absolute atomic E-state index is 0.0812. The summed E-state index contributed by atoms with van der Waals surface area (Å²) in [5, 5.41) is 3.03. The van der Waals surface area contributed by atoms with E-state index in [0.29, 0.717) is 6.42 Å². The number of fused-ring (bicyclic) bond motifs is 1. The van der Waals surface area contributed by atoms with Crippen molar-refractivity contribution in [3.05, 3.63) is 59.2 Å². The normalized spacial score (nSPS) is 16.1. The zero-order chi connectivity index (χ0) is 16.2. The summed E-state index contributed by atoms with van der Waals surface area (Å²) in [6.45, 7) is 4.90. The maximum Gasteiger partial charge on any atom is 0.232 e. The molecule has 1 aliphatic heterocycles. The average molecular weight is 309 g/mol. The van der Waals surface area contributed by atoms with E-state index in [2.05, 4.69) is 18.3 Å². The fraction of sp³-hybridized carbons (Fsp3) is 0.350. The van der Waals surface area contributed by atoms with Gasteiger partial charge in [-0.15, -0.1) is 0 Å². The molecule has 1 atom stereocenters. The second kappa shape index (κ2) is 6.86. The van der Waals surface area contributed by atoms with Crippen molar-refractivity contribution in [3.8, 4) is 5.75 Å². The van der Waals surface area contributed by atoms with E-state index >= 15 is 0 Å². The van der Waals surface area contributed by atoms with Crippen molar-refractivity contribution in [1.82, 2.24) is 0 Å². The number of amides is 1. The molecule has 0 aromatic heterocycles. The van der Waals surface area contributed by atoms with Crippen LogP contribution in [0, 0.1) is 6.92 Å². The Hall–Kier alpha value is -2.29.